The number of aliphatic hydroxyl groups is 1. The first kappa shape index (κ1) is 32.9. The van der Waals surface area contributed by atoms with Gasteiger partial charge in [0.1, 0.15) is 29.6 Å². The van der Waals surface area contributed by atoms with E-state index >= 15 is 4.39 Å². The molecule has 1 amide bonds. The van der Waals surface area contributed by atoms with Crippen LogP contribution in [-0.2, 0) is 10.3 Å². The maximum Gasteiger partial charge on any atom is 0.256 e. The SMILES string of the molecule is COc1ccc(C(OC[C@H]2C[C@@H](n3cnc4c(NC(=O)c5ccccc5)ncnc43)[C@H](F)[C@@H]2O)(c2ccccc2)c2ccc(OC)cc2)cc1. The summed E-state index contributed by atoms with van der Waals surface area (Å²) in [4.78, 5) is 25.9. The first-order valence-corrected chi connectivity index (χ1v) is 16.3. The van der Waals surface area contributed by atoms with Gasteiger partial charge in [0.25, 0.3) is 5.91 Å². The minimum atomic E-state index is -1.63. The lowest BCUT2D eigenvalue weighted by atomic mass is 9.79. The number of anilines is 1. The number of ether oxygens (including phenoxy) is 3. The van der Waals surface area contributed by atoms with Crippen LogP contribution in [0.4, 0.5) is 10.2 Å². The number of carbonyl (C=O) groups is 1. The number of carbonyl (C=O) groups excluding carboxylic acids is 1. The van der Waals surface area contributed by atoms with Crippen LogP contribution < -0.4 is 14.8 Å². The molecule has 0 saturated heterocycles. The molecule has 2 heterocycles. The van der Waals surface area contributed by atoms with Crippen molar-refractivity contribution in [1.82, 2.24) is 19.5 Å². The van der Waals surface area contributed by atoms with Crippen molar-refractivity contribution in [1.29, 1.82) is 0 Å². The van der Waals surface area contributed by atoms with Gasteiger partial charge in [0.15, 0.2) is 17.0 Å². The van der Waals surface area contributed by atoms with Crippen LogP contribution in [0.5, 0.6) is 11.5 Å². The Labute approximate surface area is 288 Å². The Kier molecular flexibility index (Phi) is 9.25. The zero-order valence-electron chi connectivity index (χ0n) is 27.5. The highest BCUT2D eigenvalue weighted by Gasteiger charge is 2.47. The van der Waals surface area contributed by atoms with Gasteiger partial charge in [-0.05, 0) is 59.5 Å². The van der Waals surface area contributed by atoms with Crippen LogP contribution in [0.3, 0.4) is 0 Å². The number of halogens is 1. The van der Waals surface area contributed by atoms with Crippen LogP contribution in [0.2, 0.25) is 0 Å². The number of hydrogen-bond acceptors (Lipinski definition) is 8. The zero-order valence-corrected chi connectivity index (χ0v) is 27.5. The fraction of sp³-hybridized carbons (Fsp3) is 0.231. The van der Waals surface area contributed by atoms with Gasteiger partial charge in [-0.3, -0.25) is 4.79 Å². The van der Waals surface area contributed by atoms with Gasteiger partial charge in [-0.15, -0.1) is 0 Å². The van der Waals surface area contributed by atoms with E-state index in [1.165, 1.54) is 12.7 Å². The summed E-state index contributed by atoms with van der Waals surface area (Å²) < 4.78 is 35.6. The number of imidazole rings is 1. The van der Waals surface area contributed by atoms with Crippen LogP contribution in [-0.4, -0.2) is 63.6 Å². The minimum Gasteiger partial charge on any atom is -0.497 e. The minimum absolute atomic E-state index is 0.0328. The maximum atomic E-state index is 16.1. The molecule has 4 aromatic carbocycles. The molecule has 50 heavy (non-hydrogen) atoms. The molecule has 6 aromatic rings. The summed E-state index contributed by atoms with van der Waals surface area (Å²) in [7, 11) is 3.23. The van der Waals surface area contributed by atoms with E-state index in [1.54, 1.807) is 43.1 Å². The number of aromatic nitrogens is 4. The average molecular weight is 674 g/mol. The van der Waals surface area contributed by atoms with Crippen molar-refractivity contribution in [2.45, 2.75) is 30.3 Å². The molecular weight excluding hydrogens is 637 g/mol. The van der Waals surface area contributed by atoms with Crippen LogP contribution >= 0.6 is 0 Å². The number of nitrogens with zero attached hydrogens (tertiary/aromatic N) is 4. The average Bonchev–Trinajstić information content (AvgIpc) is 3.73. The van der Waals surface area contributed by atoms with Crippen LogP contribution in [0.25, 0.3) is 11.2 Å². The van der Waals surface area contributed by atoms with Crippen molar-refractivity contribution in [3.63, 3.8) is 0 Å². The molecule has 2 N–H and O–H groups in total. The summed E-state index contributed by atoms with van der Waals surface area (Å²) in [5.74, 6) is 0.666. The molecule has 1 aliphatic carbocycles. The molecule has 4 atom stereocenters. The van der Waals surface area contributed by atoms with Crippen molar-refractivity contribution in [3.05, 3.63) is 144 Å². The maximum absolute atomic E-state index is 16.1. The number of methoxy groups -OCH3 is 2. The summed E-state index contributed by atoms with van der Waals surface area (Å²) in [5.41, 5.74) is 2.53. The number of alkyl halides is 1. The Bertz CT molecular complexity index is 2010. The third kappa shape index (κ3) is 6.06. The topological polar surface area (TPSA) is 121 Å². The van der Waals surface area contributed by atoms with Crippen molar-refractivity contribution < 1.29 is 28.5 Å². The number of fused-ring (bicyclic) bond motifs is 1. The lowest BCUT2D eigenvalue weighted by Gasteiger charge is -2.37. The van der Waals surface area contributed by atoms with E-state index in [0.29, 0.717) is 28.2 Å². The van der Waals surface area contributed by atoms with Crippen LogP contribution in [0, 0.1) is 5.92 Å². The molecule has 2 aromatic heterocycles. The van der Waals surface area contributed by atoms with E-state index < -0.39 is 29.8 Å². The van der Waals surface area contributed by atoms with Crippen molar-refractivity contribution in [2.24, 2.45) is 5.92 Å². The highest BCUT2D eigenvalue weighted by Crippen LogP contribution is 2.45. The largest absolute Gasteiger partial charge is 0.497 e. The second kappa shape index (κ2) is 14.1. The molecule has 11 heteroatoms. The van der Waals surface area contributed by atoms with Gasteiger partial charge in [0.05, 0.1) is 39.3 Å². The summed E-state index contributed by atoms with van der Waals surface area (Å²) in [6, 6.07) is 33.1. The second-order valence-electron chi connectivity index (χ2n) is 12.2. The van der Waals surface area contributed by atoms with E-state index in [9.17, 15) is 9.90 Å². The Morgan fingerprint density at radius 3 is 2.02 bits per heavy atom. The van der Waals surface area contributed by atoms with Crippen molar-refractivity contribution in [2.75, 3.05) is 26.1 Å². The Morgan fingerprint density at radius 2 is 1.42 bits per heavy atom. The Hall–Kier alpha value is -5.65. The summed E-state index contributed by atoms with van der Waals surface area (Å²) >= 11 is 0. The standard InChI is InChI=1S/C39H36FN5O5/c1-48-30-17-13-28(14-18-30)39(27-11-7-4-8-12-27,29-15-19-31(49-2)20-16-29)50-22-26-21-32(33(40)35(26)46)45-24-43-34-36(41-23-42-37(34)45)44-38(47)25-9-5-3-6-10-25/h3-20,23-24,26,32-33,35,46H,21-22H2,1-2H3,(H,41,42,44,47)/t26-,32-,33+,35-/m1/s1. The number of benzene rings is 4. The second-order valence-corrected chi connectivity index (χ2v) is 12.2. The molecule has 0 unspecified atom stereocenters. The third-order valence-electron chi connectivity index (χ3n) is 9.39. The molecule has 0 spiro atoms. The summed E-state index contributed by atoms with van der Waals surface area (Å²) in [5, 5.41) is 14.1. The highest BCUT2D eigenvalue weighted by atomic mass is 19.1. The van der Waals surface area contributed by atoms with Gasteiger partial charge in [0.2, 0.25) is 0 Å². The first-order chi connectivity index (χ1) is 24.4. The lowest BCUT2D eigenvalue weighted by Crippen LogP contribution is -2.36. The lowest BCUT2D eigenvalue weighted by molar-refractivity contribution is -0.0383. The number of nitrogens with one attached hydrogen (secondary N) is 1. The molecule has 1 saturated carbocycles. The Balaban J connectivity index is 1.20. The van der Waals surface area contributed by atoms with E-state index in [4.69, 9.17) is 14.2 Å². The van der Waals surface area contributed by atoms with Crippen molar-refractivity contribution >= 4 is 22.9 Å². The van der Waals surface area contributed by atoms with Gasteiger partial charge in [0, 0.05) is 11.5 Å². The first-order valence-electron chi connectivity index (χ1n) is 16.3. The molecule has 0 aliphatic heterocycles. The molecule has 1 fully saturated rings. The molecule has 10 nitrogen and oxygen atoms in total. The van der Waals surface area contributed by atoms with Crippen LogP contribution in [0.1, 0.15) is 39.5 Å². The van der Waals surface area contributed by atoms with E-state index in [2.05, 4.69) is 20.3 Å². The Morgan fingerprint density at radius 1 is 0.840 bits per heavy atom. The molecule has 7 rings (SSSR count). The predicted octanol–water partition coefficient (Wildman–Crippen LogP) is 6.36. The summed E-state index contributed by atoms with van der Waals surface area (Å²) in [6.45, 7) is 0.0328. The fourth-order valence-corrected chi connectivity index (χ4v) is 6.76. The molecule has 0 bridgehead atoms. The number of amides is 1. The van der Waals surface area contributed by atoms with Gasteiger partial charge in [-0.25, -0.2) is 19.3 Å². The van der Waals surface area contributed by atoms with Crippen LogP contribution in [0.15, 0.2) is 122 Å². The van der Waals surface area contributed by atoms with Gasteiger partial charge in [-0.2, -0.15) is 0 Å². The van der Waals surface area contributed by atoms with E-state index in [0.717, 1.165) is 16.7 Å². The molecule has 254 valence electrons. The van der Waals surface area contributed by atoms with E-state index in [1.807, 2.05) is 84.9 Å². The van der Waals surface area contributed by atoms with Crippen molar-refractivity contribution in [3.8, 4) is 11.5 Å². The van der Waals surface area contributed by atoms with Gasteiger partial charge in [-0.1, -0.05) is 72.8 Å². The zero-order chi connectivity index (χ0) is 34.7. The van der Waals surface area contributed by atoms with E-state index in [-0.39, 0.29) is 24.8 Å². The smallest absolute Gasteiger partial charge is 0.256 e. The predicted molar refractivity (Wildman–Crippen MR) is 186 cm³/mol. The third-order valence-corrected chi connectivity index (χ3v) is 9.39. The fourth-order valence-electron chi connectivity index (χ4n) is 6.76. The number of aliphatic hydroxyl groups excluding tert-OH is 1. The monoisotopic (exact) mass is 673 g/mol. The number of rotatable bonds is 11. The van der Waals surface area contributed by atoms with Gasteiger partial charge < -0.3 is 29.2 Å². The molecular formula is C39H36FN5O5. The highest BCUT2D eigenvalue weighted by molar-refractivity contribution is 6.06. The molecule has 0 radical (unpaired) electrons. The summed E-state index contributed by atoms with van der Waals surface area (Å²) in [6.07, 6.45) is 0.0779. The molecule has 1 aliphatic rings. The number of hydrogen-bond donors (Lipinski definition) is 2. The normalized spacial score (nSPS) is 19.0. The quantitative estimate of drug-likeness (QED) is 0.153. The van der Waals surface area contributed by atoms with Gasteiger partial charge >= 0.3 is 0 Å².